The quantitative estimate of drug-likeness (QED) is 0.400. The minimum Gasteiger partial charge on any atom is -0.370 e. The molecule has 0 unspecified atom stereocenters. The highest BCUT2D eigenvalue weighted by atomic mass is 15.3. The highest BCUT2D eigenvalue weighted by Gasteiger charge is 2.14. The van der Waals surface area contributed by atoms with Crippen LogP contribution < -0.4 is 11.1 Å². The van der Waals surface area contributed by atoms with Gasteiger partial charge in [-0.3, -0.25) is 9.98 Å². The fraction of sp³-hybridized carbons (Fsp3) is 0.667. The molecule has 1 fully saturated rings. The van der Waals surface area contributed by atoms with Gasteiger partial charge < -0.3 is 20.9 Å². The Hall–Kier alpha value is -1.66. The molecule has 1 aliphatic heterocycles. The highest BCUT2D eigenvalue weighted by Crippen LogP contribution is 2.03. The second-order valence-corrected chi connectivity index (χ2v) is 6.25. The lowest BCUT2D eigenvalue weighted by Gasteiger charge is -2.33. The van der Waals surface area contributed by atoms with Crippen molar-refractivity contribution in [3.63, 3.8) is 0 Å². The number of guanidine groups is 1. The van der Waals surface area contributed by atoms with Gasteiger partial charge in [-0.15, -0.1) is 0 Å². The third kappa shape index (κ3) is 7.27. The lowest BCUT2D eigenvalue weighted by molar-refractivity contribution is 0.136. The number of aliphatic imine (C=N–C) groups is 1. The lowest BCUT2D eigenvalue weighted by atomic mass is 10.2. The first kappa shape index (κ1) is 18.7. The number of rotatable bonds is 9. The van der Waals surface area contributed by atoms with Crippen molar-refractivity contribution >= 4 is 5.96 Å². The molecule has 1 aliphatic rings. The molecule has 0 spiro atoms. The summed E-state index contributed by atoms with van der Waals surface area (Å²) in [5.41, 5.74) is 6.97. The van der Waals surface area contributed by atoms with E-state index in [-0.39, 0.29) is 0 Å². The van der Waals surface area contributed by atoms with Gasteiger partial charge in [0.2, 0.25) is 0 Å². The van der Waals surface area contributed by atoms with E-state index in [1.165, 1.54) is 45.7 Å². The molecule has 0 saturated carbocycles. The van der Waals surface area contributed by atoms with Gasteiger partial charge in [-0.25, -0.2) is 0 Å². The van der Waals surface area contributed by atoms with Crippen molar-refractivity contribution in [2.45, 2.75) is 26.2 Å². The summed E-state index contributed by atoms with van der Waals surface area (Å²) in [5, 5.41) is 3.15. The van der Waals surface area contributed by atoms with Crippen molar-refractivity contribution in [3.05, 3.63) is 30.1 Å². The van der Waals surface area contributed by atoms with Crippen LogP contribution in [-0.2, 0) is 6.42 Å². The number of aromatic nitrogens is 1. The Morgan fingerprint density at radius 1 is 1.21 bits per heavy atom. The summed E-state index contributed by atoms with van der Waals surface area (Å²) in [7, 11) is 0. The van der Waals surface area contributed by atoms with Crippen LogP contribution in [0.2, 0.25) is 0 Å². The first-order valence-corrected chi connectivity index (χ1v) is 9.16. The van der Waals surface area contributed by atoms with Gasteiger partial charge in [0.25, 0.3) is 0 Å². The summed E-state index contributed by atoms with van der Waals surface area (Å²) in [4.78, 5) is 13.8. The van der Waals surface area contributed by atoms with Gasteiger partial charge in [0.1, 0.15) is 0 Å². The Kier molecular flexibility index (Phi) is 8.55. The number of nitrogens with two attached hydrogens (primary N) is 1. The molecule has 1 aromatic heterocycles. The summed E-state index contributed by atoms with van der Waals surface area (Å²) >= 11 is 0. The van der Waals surface area contributed by atoms with Crippen LogP contribution in [0.5, 0.6) is 0 Å². The molecule has 2 heterocycles. The molecule has 0 atom stereocenters. The van der Waals surface area contributed by atoms with Crippen molar-refractivity contribution in [2.75, 3.05) is 52.4 Å². The smallest absolute Gasteiger partial charge is 0.188 e. The topological polar surface area (TPSA) is 69.8 Å². The third-order valence-corrected chi connectivity index (χ3v) is 4.49. The molecule has 24 heavy (non-hydrogen) atoms. The number of hydrogen-bond donors (Lipinski definition) is 2. The summed E-state index contributed by atoms with van der Waals surface area (Å²) in [6, 6.07) is 5.95. The third-order valence-electron chi connectivity index (χ3n) is 4.49. The van der Waals surface area contributed by atoms with Gasteiger partial charge in [-0.1, -0.05) is 13.0 Å². The molecule has 2 rings (SSSR count). The maximum Gasteiger partial charge on any atom is 0.188 e. The van der Waals surface area contributed by atoms with Crippen LogP contribution in [-0.4, -0.2) is 73.1 Å². The predicted molar refractivity (Wildman–Crippen MR) is 100 cm³/mol. The molecule has 0 amide bonds. The first-order valence-electron chi connectivity index (χ1n) is 9.16. The fourth-order valence-corrected chi connectivity index (χ4v) is 2.90. The van der Waals surface area contributed by atoms with E-state index < -0.39 is 0 Å². The molecule has 0 radical (unpaired) electrons. The first-order chi connectivity index (χ1) is 11.8. The number of nitrogens with zero attached hydrogens (tertiary/aromatic N) is 4. The Balaban J connectivity index is 1.49. The fourth-order valence-electron chi connectivity index (χ4n) is 2.90. The largest absolute Gasteiger partial charge is 0.370 e. The summed E-state index contributed by atoms with van der Waals surface area (Å²) in [6.07, 6.45) is 4.96. The summed E-state index contributed by atoms with van der Waals surface area (Å²) in [5.74, 6) is 0.544. The van der Waals surface area contributed by atoms with Gasteiger partial charge >= 0.3 is 0 Å². The standard InChI is InChI=1S/C18H32N6/c1-2-23-13-15-24(16-14-23)12-6-5-10-21-18(19)22-11-8-17-7-3-4-9-20-17/h3-4,7,9H,2,5-6,8,10-16H2,1H3,(H3,19,21,22). The second-order valence-electron chi connectivity index (χ2n) is 6.25. The number of piperazine rings is 1. The van der Waals surface area contributed by atoms with E-state index in [0.717, 1.165) is 31.6 Å². The molecular weight excluding hydrogens is 300 g/mol. The van der Waals surface area contributed by atoms with Gasteiger partial charge in [-0.05, 0) is 38.1 Å². The molecule has 0 aliphatic carbocycles. The summed E-state index contributed by atoms with van der Waals surface area (Å²) in [6.45, 7) is 11.0. The van der Waals surface area contributed by atoms with Crippen LogP contribution >= 0.6 is 0 Å². The number of hydrogen-bond acceptors (Lipinski definition) is 4. The number of unbranched alkanes of at least 4 members (excludes halogenated alkanes) is 1. The van der Waals surface area contributed by atoms with E-state index in [2.05, 4.69) is 32.0 Å². The van der Waals surface area contributed by atoms with Crippen molar-refractivity contribution in [2.24, 2.45) is 10.7 Å². The normalized spacial score (nSPS) is 17.1. The van der Waals surface area contributed by atoms with E-state index >= 15 is 0 Å². The van der Waals surface area contributed by atoms with Crippen molar-refractivity contribution in [1.82, 2.24) is 20.1 Å². The zero-order valence-corrected chi connectivity index (χ0v) is 15.0. The molecule has 0 aromatic carbocycles. The Labute approximate surface area is 146 Å². The van der Waals surface area contributed by atoms with Gasteiger partial charge in [0, 0.05) is 57.6 Å². The van der Waals surface area contributed by atoms with Crippen molar-refractivity contribution in [3.8, 4) is 0 Å². The van der Waals surface area contributed by atoms with E-state index in [0.29, 0.717) is 5.96 Å². The molecule has 134 valence electrons. The molecule has 1 aromatic rings. The summed E-state index contributed by atoms with van der Waals surface area (Å²) < 4.78 is 0. The lowest BCUT2D eigenvalue weighted by Crippen LogP contribution is -2.46. The molecule has 6 heteroatoms. The average molecular weight is 332 g/mol. The van der Waals surface area contributed by atoms with Crippen LogP contribution in [0, 0.1) is 0 Å². The maximum atomic E-state index is 5.90. The minimum absolute atomic E-state index is 0.544. The van der Waals surface area contributed by atoms with Crippen molar-refractivity contribution < 1.29 is 0 Å². The highest BCUT2D eigenvalue weighted by molar-refractivity contribution is 5.77. The van der Waals surface area contributed by atoms with Crippen LogP contribution in [0.25, 0.3) is 0 Å². The number of likely N-dealkylation sites (N-methyl/N-ethyl adjacent to an activating group) is 1. The second kappa shape index (κ2) is 11.0. The van der Waals surface area contributed by atoms with E-state index in [1.807, 2.05) is 24.4 Å². The van der Waals surface area contributed by atoms with Gasteiger partial charge in [0.15, 0.2) is 5.96 Å². The van der Waals surface area contributed by atoms with Crippen molar-refractivity contribution in [1.29, 1.82) is 0 Å². The maximum absolute atomic E-state index is 5.90. The molecular formula is C18H32N6. The molecule has 0 bridgehead atoms. The minimum atomic E-state index is 0.544. The van der Waals surface area contributed by atoms with Crippen LogP contribution in [0.1, 0.15) is 25.5 Å². The zero-order valence-electron chi connectivity index (χ0n) is 15.0. The van der Waals surface area contributed by atoms with E-state index in [1.54, 1.807) is 0 Å². The Bertz CT molecular complexity index is 468. The average Bonchev–Trinajstić information content (AvgIpc) is 2.63. The van der Waals surface area contributed by atoms with Crippen LogP contribution in [0.15, 0.2) is 29.4 Å². The Morgan fingerprint density at radius 2 is 2.00 bits per heavy atom. The Morgan fingerprint density at radius 3 is 2.71 bits per heavy atom. The monoisotopic (exact) mass is 332 g/mol. The van der Waals surface area contributed by atoms with Gasteiger partial charge in [-0.2, -0.15) is 0 Å². The van der Waals surface area contributed by atoms with Crippen LogP contribution in [0.3, 0.4) is 0 Å². The predicted octanol–water partition coefficient (Wildman–Crippen LogP) is 0.946. The molecule has 6 nitrogen and oxygen atoms in total. The number of pyridine rings is 1. The molecule has 3 N–H and O–H groups in total. The zero-order chi connectivity index (χ0) is 17.0. The van der Waals surface area contributed by atoms with E-state index in [9.17, 15) is 0 Å². The SMILES string of the molecule is CCN1CCN(CCCCN=C(N)NCCc2ccccn2)CC1. The molecule has 1 saturated heterocycles. The van der Waals surface area contributed by atoms with Crippen LogP contribution in [0.4, 0.5) is 0 Å². The van der Waals surface area contributed by atoms with Gasteiger partial charge in [0.05, 0.1) is 0 Å². The number of nitrogens with one attached hydrogen (secondary N) is 1. The van der Waals surface area contributed by atoms with E-state index in [4.69, 9.17) is 5.73 Å².